The summed E-state index contributed by atoms with van der Waals surface area (Å²) in [6.45, 7) is 5.52. The maximum atomic E-state index is 12.4. The zero-order chi connectivity index (χ0) is 18.0. The van der Waals surface area contributed by atoms with E-state index in [0.29, 0.717) is 26.5 Å². The quantitative estimate of drug-likeness (QED) is 0.544. The van der Waals surface area contributed by atoms with Gasteiger partial charge < -0.3 is 10.1 Å². The number of nitrogens with one attached hydrogen (secondary N) is 1. The molecule has 0 aliphatic heterocycles. The highest BCUT2D eigenvalue weighted by atomic mass is 79.9. The van der Waals surface area contributed by atoms with Gasteiger partial charge in [0, 0.05) is 4.47 Å². The number of hydrogen-bond acceptors (Lipinski definition) is 2. The van der Waals surface area contributed by atoms with Crippen LogP contribution >= 0.6 is 50.7 Å². The van der Waals surface area contributed by atoms with Gasteiger partial charge in [-0.2, -0.15) is 0 Å². The molecule has 0 heterocycles. The van der Waals surface area contributed by atoms with Gasteiger partial charge >= 0.3 is 0 Å². The Bertz CT molecular complexity index is 773. The average molecular weight is 452 g/mol. The lowest BCUT2D eigenvalue weighted by molar-refractivity contribution is -0.122. The molecule has 0 saturated carbocycles. The summed E-state index contributed by atoms with van der Waals surface area (Å²) in [5.41, 5.74) is 2.26. The Hall–Kier alpha value is -0.940. The number of halogens is 4. The van der Waals surface area contributed by atoms with Crippen LogP contribution in [0.3, 0.4) is 0 Å². The van der Waals surface area contributed by atoms with Gasteiger partial charge in [-0.05, 0) is 56.2 Å². The largest absolute Gasteiger partial charge is 0.480 e. The van der Waals surface area contributed by atoms with Gasteiger partial charge in [-0.25, -0.2) is 0 Å². The van der Waals surface area contributed by atoms with E-state index in [-0.39, 0.29) is 5.91 Å². The lowest BCUT2D eigenvalue weighted by atomic mass is 10.1. The predicted molar refractivity (Wildman–Crippen MR) is 104 cm³/mol. The highest BCUT2D eigenvalue weighted by Gasteiger charge is 2.19. The lowest BCUT2D eigenvalue weighted by Crippen LogP contribution is -2.30. The normalized spacial score (nSPS) is 12.0. The van der Waals surface area contributed by atoms with Crippen LogP contribution in [-0.4, -0.2) is 12.0 Å². The van der Waals surface area contributed by atoms with E-state index < -0.39 is 6.10 Å². The average Bonchev–Trinajstić information content (AvgIpc) is 2.48. The van der Waals surface area contributed by atoms with Gasteiger partial charge in [0.15, 0.2) is 6.10 Å². The molecule has 2 rings (SSSR count). The van der Waals surface area contributed by atoms with Gasteiger partial charge in [0.1, 0.15) is 5.75 Å². The van der Waals surface area contributed by atoms with Crippen molar-refractivity contribution < 1.29 is 9.53 Å². The van der Waals surface area contributed by atoms with E-state index in [0.717, 1.165) is 15.6 Å². The molecule has 2 aromatic carbocycles. The smallest absolute Gasteiger partial charge is 0.265 e. The third kappa shape index (κ3) is 4.57. The van der Waals surface area contributed by atoms with E-state index in [1.807, 2.05) is 26.0 Å². The van der Waals surface area contributed by atoms with Gasteiger partial charge in [0.2, 0.25) is 0 Å². The Labute approximate surface area is 164 Å². The van der Waals surface area contributed by atoms with Crippen molar-refractivity contribution in [2.75, 3.05) is 5.32 Å². The summed E-state index contributed by atoms with van der Waals surface area (Å²) in [4.78, 5) is 12.4. The summed E-state index contributed by atoms with van der Waals surface area (Å²) in [6, 6.07) is 6.86. The number of carbonyl (C=O) groups excluding carboxylic acids is 1. The third-order valence-electron chi connectivity index (χ3n) is 3.36. The van der Waals surface area contributed by atoms with E-state index in [9.17, 15) is 4.79 Å². The summed E-state index contributed by atoms with van der Waals surface area (Å²) in [5.74, 6) is 0.345. The molecule has 1 unspecified atom stereocenters. The first kappa shape index (κ1) is 19.4. The van der Waals surface area contributed by atoms with Crippen molar-refractivity contribution in [3.8, 4) is 5.75 Å². The Kier molecular flexibility index (Phi) is 6.43. The second kappa shape index (κ2) is 7.96. The molecular weight excluding hydrogens is 436 g/mol. The highest BCUT2D eigenvalue weighted by molar-refractivity contribution is 9.10. The molecule has 0 fully saturated rings. The molecule has 3 nitrogen and oxygen atoms in total. The fourth-order valence-electron chi connectivity index (χ4n) is 2.17. The molecule has 7 heteroatoms. The molecule has 0 aliphatic rings. The van der Waals surface area contributed by atoms with E-state index in [4.69, 9.17) is 39.5 Å². The van der Waals surface area contributed by atoms with Gasteiger partial charge in [-0.3, -0.25) is 4.79 Å². The van der Waals surface area contributed by atoms with Crippen LogP contribution in [0.4, 0.5) is 5.69 Å². The fraction of sp³-hybridized carbons (Fsp3) is 0.235. The minimum atomic E-state index is -0.714. The number of ether oxygens (including phenoxy) is 1. The summed E-state index contributed by atoms with van der Waals surface area (Å²) in [6.07, 6.45) is -0.714. The molecule has 24 heavy (non-hydrogen) atoms. The number of benzene rings is 2. The Morgan fingerprint density at radius 3 is 2.17 bits per heavy atom. The number of amides is 1. The van der Waals surface area contributed by atoms with Crippen LogP contribution in [0.1, 0.15) is 18.1 Å². The first-order valence-electron chi connectivity index (χ1n) is 7.08. The summed E-state index contributed by atoms with van der Waals surface area (Å²) < 4.78 is 6.79. The molecule has 1 N–H and O–H groups in total. The third-order valence-corrected chi connectivity index (χ3v) is 4.85. The summed E-state index contributed by atoms with van der Waals surface area (Å²) in [5, 5.41) is 3.64. The topological polar surface area (TPSA) is 38.3 Å². The van der Waals surface area contributed by atoms with Crippen molar-refractivity contribution in [2.24, 2.45) is 0 Å². The molecule has 2 aromatic rings. The van der Waals surface area contributed by atoms with Crippen LogP contribution in [0.5, 0.6) is 5.75 Å². The van der Waals surface area contributed by atoms with Crippen LogP contribution in [0.15, 0.2) is 28.7 Å². The zero-order valence-corrected chi connectivity index (χ0v) is 17.1. The molecule has 1 atom stereocenters. The zero-order valence-electron chi connectivity index (χ0n) is 13.2. The van der Waals surface area contributed by atoms with Gasteiger partial charge in [0.25, 0.3) is 5.91 Å². The van der Waals surface area contributed by atoms with E-state index in [1.54, 1.807) is 6.92 Å². The first-order chi connectivity index (χ1) is 11.2. The Balaban J connectivity index is 2.15. The van der Waals surface area contributed by atoms with Gasteiger partial charge in [-0.15, -0.1) is 0 Å². The Morgan fingerprint density at radius 2 is 1.58 bits per heavy atom. The van der Waals surface area contributed by atoms with Crippen LogP contribution in [0.25, 0.3) is 0 Å². The highest BCUT2D eigenvalue weighted by Crippen LogP contribution is 2.33. The number of anilines is 1. The maximum Gasteiger partial charge on any atom is 0.265 e. The molecule has 0 radical (unpaired) electrons. The van der Waals surface area contributed by atoms with Crippen molar-refractivity contribution >= 4 is 62.3 Å². The van der Waals surface area contributed by atoms with Crippen molar-refractivity contribution in [1.82, 2.24) is 0 Å². The molecule has 0 saturated heterocycles. The summed E-state index contributed by atoms with van der Waals surface area (Å²) in [7, 11) is 0. The summed E-state index contributed by atoms with van der Waals surface area (Å²) >= 11 is 21.3. The molecule has 128 valence electrons. The maximum absolute atomic E-state index is 12.4. The Morgan fingerprint density at radius 1 is 1.04 bits per heavy atom. The molecule has 0 bridgehead atoms. The monoisotopic (exact) mass is 449 g/mol. The van der Waals surface area contributed by atoms with Crippen molar-refractivity contribution in [1.29, 1.82) is 0 Å². The van der Waals surface area contributed by atoms with Crippen LogP contribution < -0.4 is 10.1 Å². The molecule has 0 aromatic heterocycles. The molecule has 0 aliphatic carbocycles. The van der Waals surface area contributed by atoms with Crippen molar-refractivity contribution in [3.63, 3.8) is 0 Å². The molecule has 1 amide bonds. The standard InChI is InChI=1S/C17H15BrCl3NO2/c1-8-4-11(18)5-9(2)16(8)24-10(3)17(23)22-15-7-13(20)12(19)6-14(15)21/h4-7,10H,1-3H3,(H,22,23). The van der Waals surface area contributed by atoms with E-state index >= 15 is 0 Å². The second-order valence-corrected chi connectivity index (χ2v) is 7.50. The van der Waals surface area contributed by atoms with Crippen LogP contribution in [0.2, 0.25) is 15.1 Å². The predicted octanol–water partition coefficient (Wildman–Crippen LogP) is 6.43. The SMILES string of the molecule is Cc1cc(Br)cc(C)c1OC(C)C(=O)Nc1cc(Cl)c(Cl)cc1Cl. The number of aryl methyl sites for hydroxylation is 2. The van der Waals surface area contributed by atoms with E-state index in [1.165, 1.54) is 12.1 Å². The van der Waals surface area contributed by atoms with Crippen molar-refractivity contribution in [2.45, 2.75) is 26.9 Å². The van der Waals surface area contributed by atoms with Crippen LogP contribution in [-0.2, 0) is 4.79 Å². The molecular formula is C17H15BrCl3NO2. The second-order valence-electron chi connectivity index (χ2n) is 5.36. The van der Waals surface area contributed by atoms with Gasteiger partial charge in [-0.1, -0.05) is 50.7 Å². The van der Waals surface area contributed by atoms with Crippen molar-refractivity contribution in [3.05, 3.63) is 54.9 Å². The van der Waals surface area contributed by atoms with E-state index in [2.05, 4.69) is 21.2 Å². The number of hydrogen-bond donors (Lipinski definition) is 1. The number of rotatable bonds is 4. The minimum Gasteiger partial charge on any atom is -0.480 e. The lowest BCUT2D eigenvalue weighted by Gasteiger charge is -2.19. The van der Waals surface area contributed by atoms with Gasteiger partial charge in [0.05, 0.1) is 20.8 Å². The fourth-order valence-corrected chi connectivity index (χ4v) is 3.45. The minimum absolute atomic E-state index is 0.306. The first-order valence-corrected chi connectivity index (χ1v) is 9.00. The number of carbonyl (C=O) groups is 1. The van der Waals surface area contributed by atoms with Crippen LogP contribution in [0, 0.1) is 13.8 Å². The molecule has 0 spiro atoms.